The van der Waals surface area contributed by atoms with Gasteiger partial charge >= 0.3 is 0 Å². The van der Waals surface area contributed by atoms with Crippen LogP contribution in [0, 0.1) is 0 Å². The fourth-order valence-corrected chi connectivity index (χ4v) is 1.49. The Labute approximate surface area is 86.3 Å². The topological polar surface area (TPSA) is 119 Å². The average Bonchev–Trinajstić information content (AvgIpc) is 2.18. The summed E-state index contributed by atoms with van der Waals surface area (Å²) in [5, 5.41) is 39.4. The second-order valence-electron chi connectivity index (χ2n) is 3.46. The summed E-state index contributed by atoms with van der Waals surface area (Å²) < 4.78 is 4.81. The molecule has 0 saturated carbocycles. The molecule has 0 spiro atoms. The zero-order chi connectivity index (χ0) is 11.6. The SMILES string of the molecule is CC(=O)N[C@H]1C(O)O[C@H](CO)C(O)[C@@H]1O. The van der Waals surface area contributed by atoms with E-state index in [9.17, 15) is 20.1 Å². The number of nitrogens with one attached hydrogen (secondary N) is 1. The first-order chi connectivity index (χ1) is 6.97. The summed E-state index contributed by atoms with van der Waals surface area (Å²) >= 11 is 0. The van der Waals surface area contributed by atoms with Crippen LogP contribution in [0.2, 0.25) is 0 Å². The highest BCUT2D eigenvalue weighted by atomic mass is 16.6. The van der Waals surface area contributed by atoms with Gasteiger partial charge in [-0.3, -0.25) is 4.79 Å². The van der Waals surface area contributed by atoms with Gasteiger partial charge in [-0.05, 0) is 0 Å². The normalized spacial score (nSPS) is 41.3. The van der Waals surface area contributed by atoms with Crippen molar-refractivity contribution >= 4 is 5.91 Å². The lowest BCUT2D eigenvalue weighted by Crippen LogP contribution is -2.63. The predicted octanol–water partition coefficient (Wildman–Crippen LogP) is -3.08. The molecule has 0 aliphatic carbocycles. The lowest BCUT2D eigenvalue weighted by molar-refractivity contribution is -0.253. The van der Waals surface area contributed by atoms with Crippen molar-refractivity contribution in [2.45, 2.75) is 37.6 Å². The molecule has 1 amide bonds. The van der Waals surface area contributed by atoms with E-state index in [1.54, 1.807) is 0 Å². The van der Waals surface area contributed by atoms with E-state index in [-0.39, 0.29) is 0 Å². The number of ether oxygens (including phenoxy) is 1. The lowest BCUT2D eigenvalue weighted by Gasteiger charge is -2.40. The number of aliphatic hydroxyl groups is 4. The van der Waals surface area contributed by atoms with Gasteiger partial charge in [0, 0.05) is 6.92 Å². The molecule has 7 nitrogen and oxygen atoms in total. The first-order valence-electron chi connectivity index (χ1n) is 4.55. The molecule has 15 heavy (non-hydrogen) atoms. The largest absolute Gasteiger partial charge is 0.394 e. The summed E-state index contributed by atoms with van der Waals surface area (Å²) in [6.07, 6.45) is -5.24. The van der Waals surface area contributed by atoms with Crippen LogP contribution in [0.15, 0.2) is 0 Å². The highest BCUT2D eigenvalue weighted by molar-refractivity contribution is 5.73. The fraction of sp³-hybridized carbons (Fsp3) is 0.875. The van der Waals surface area contributed by atoms with Crippen LogP contribution >= 0.6 is 0 Å². The van der Waals surface area contributed by atoms with Gasteiger partial charge in [0.05, 0.1) is 6.61 Å². The summed E-state index contributed by atoms with van der Waals surface area (Å²) in [5.74, 6) is -0.462. The number of hydrogen-bond donors (Lipinski definition) is 5. The third-order valence-electron chi connectivity index (χ3n) is 2.27. The zero-order valence-corrected chi connectivity index (χ0v) is 8.20. The number of hydrogen-bond acceptors (Lipinski definition) is 6. The molecule has 2 unspecified atom stereocenters. The van der Waals surface area contributed by atoms with Gasteiger partial charge in [0.2, 0.25) is 5.91 Å². The monoisotopic (exact) mass is 221 g/mol. The molecule has 0 aromatic carbocycles. The van der Waals surface area contributed by atoms with Crippen molar-refractivity contribution in [2.75, 3.05) is 6.61 Å². The summed E-state index contributed by atoms with van der Waals surface area (Å²) in [5.41, 5.74) is 0. The average molecular weight is 221 g/mol. The summed E-state index contributed by atoms with van der Waals surface area (Å²) in [6, 6.07) is -1.10. The van der Waals surface area contributed by atoms with Crippen molar-refractivity contribution in [1.29, 1.82) is 0 Å². The van der Waals surface area contributed by atoms with Crippen LogP contribution in [0.1, 0.15) is 6.92 Å². The first-order valence-corrected chi connectivity index (χ1v) is 4.55. The van der Waals surface area contributed by atoms with E-state index in [0.29, 0.717) is 0 Å². The maximum Gasteiger partial charge on any atom is 0.217 e. The van der Waals surface area contributed by atoms with Crippen LogP contribution in [0.3, 0.4) is 0 Å². The summed E-state index contributed by atoms with van der Waals surface area (Å²) in [4.78, 5) is 10.7. The molecular weight excluding hydrogens is 206 g/mol. The number of aliphatic hydroxyl groups excluding tert-OH is 4. The van der Waals surface area contributed by atoms with Gasteiger partial charge in [-0.2, -0.15) is 0 Å². The van der Waals surface area contributed by atoms with Gasteiger partial charge in [-0.25, -0.2) is 0 Å². The van der Waals surface area contributed by atoms with Crippen LogP contribution in [-0.2, 0) is 9.53 Å². The Hall–Kier alpha value is -0.730. The van der Waals surface area contributed by atoms with Crippen LogP contribution in [0.5, 0.6) is 0 Å². The smallest absolute Gasteiger partial charge is 0.217 e. The minimum Gasteiger partial charge on any atom is -0.394 e. The maximum absolute atomic E-state index is 10.7. The van der Waals surface area contributed by atoms with Crippen LogP contribution < -0.4 is 5.32 Å². The standard InChI is InChI=1S/C8H15NO6/c1-3(11)9-5-7(13)6(12)4(2-10)15-8(5)14/h4-8,10,12-14H,2H2,1H3,(H,9,11)/t4-,5-,6?,7-,8?/m1/s1. The molecule has 1 saturated heterocycles. The van der Waals surface area contributed by atoms with Gasteiger partial charge < -0.3 is 30.5 Å². The van der Waals surface area contributed by atoms with Crippen molar-refractivity contribution in [2.24, 2.45) is 0 Å². The first kappa shape index (κ1) is 12.3. The van der Waals surface area contributed by atoms with Gasteiger partial charge in [-0.1, -0.05) is 0 Å². The quantitative estimate of drug-likeness (QED) is 0.337. The van der Waals surface area contributed by atoms with Gasteiger partial charge in [0.1, 0.15) is 24.4 Å². The van der Waals surface area contributed by atoms with E-state index < -0.39 is 43.2 Å². The minimum absolute atomic E-state index is 0.462. The summed E-state index contributed by atoms with van der Waals surface area (Å²) in [7, 11) is 0. The van der Waals surface area contributed by atoms with Gasteiger partial charge in [-0.15, -0.1) is 0 Å². The highest BCUT2D eigenvalue weighted by Gasteiger charge is 2.43. The molecular formula is C8H15NO6. The van der Waals surface area contributed by atoms with Crippen molar-refractivity contribution < 1.29 is 30.0 Å². The number of carbonyl (C=O) groups is 1. The van der Waals surface area contributed by atoms with Crippen molar-refractivity contribution in [3.05, 3.63) is 0 Å². The number of carbonyl (C=O) groups excluding carboxylic acids is 1. The second kappa shape index (κ2) is 4.86. The van der Waals surface area contributed by atoms with Crippen molar-refractivity contribution in [1.82, 2.24) is 5.32 Å². The van der Waals surface area contributed by atoms with Crippen LogP contribution in [0.25, 0.3) is 0 Å². The maximum atomic E-state index is 10.7. The Morgan fingerprint density at radius 2 is 1.93 bits per heavy atom. The van der Waals surface area contributed by atoms with E-state index in [1.807, 2.05) is 0 Å². The molecule has 88 valence electrons. The molecule has 1 aliphatic heterocycles. The Morgan fingerprint density at radius 1 is 1.33 bits per heavy atom. The highest BCUT2D eigenvalue weighted by Crippen LogP contribution is 2.19. The molecule has 1 heterocycles. The minimum atomic E-state index is -1.45. The van der Waals surface area contributed by atoms with E-state index in [1.165, 1.54) is 6.92 Å². The molecule has 0 aromatic rings. The third kappa shape index (κ3) is 2.64. The molecule has 7 heteroatoms. The van der Waals surface area contributed by atoms with Gasteiger partial charge in [0.25, 0.3) is 0 Å². The molecule has 1 aliphatic rings. The van der Waals surface area contributed by atoms with E-state index in [2.05, 4.69) is 5.32 Å². The predicted molar refractivity (Wildman–Crippen MR) is 47.6 cm³/mol. The Balaban J connectivity index is 2.70. The molecule has 1 rings (SSSR count). The molecule has 5 atom stereocenters. The number of amides is 1. The van der Waals surface area contributed by atoms with Gasteiger partial charge in [0.15, 0.2) is 6.29 Å². The second-order valence-corrected chi connectivity index (χ2v) is 3.46. The molecule has 0 bridgehead atoms. The van der Waals surface area contributed by atoms with E-state index in [4.69, 9.17) is 9.84 Å². The molecule has 5 N–H and O–H groups in total. The Kier molecular flexibility index (Phi) is 4.00. The molecule has 0 radical (unpaired) electrons. The molecule has 1 fully saturated rings. The molecule has 0 aromatic heterocycles. The summed E-state index contributed by atoms with van der Waals surface area (Å²) in [6.45, 7) is 0.687. The van der Waals surface area contributed by atoms with E-state index in [0.717, 1.165) is 0 Å². The van der Waals surface area contributed by atoms with Crippen LogP contribution in [0.4, 0.5) is 0 Å². The lowest BCUT2D eigenvalue weighted by atomic mass is 9.97. The fourth-order valence-electron chi connectivity index (χ4n) is 1.49. The van der Waals surface area contributed by atoms with Crippen molar-refractivity contribution in [3.63, 3.8) is 0 Å². The third-order valence-corrected chi connectivity index (χ3v) is 2.27. The Morgan fingerprint density at radius 3 is 2.40 bits per heavy atom. The zero-order valence-electron chi connectivity index (χ0n) is 8.20. The van der Waals surface area contributed by atoms with E-state index >= 15 is 0 Å². The number of rotatable bonds is 2. The van der Waals surface area contributed by atoms with Crippen LogP contribution in [-0.4, -0.2) is 63.6 Å². The Bertz CT molecular complexity index is 235. The van der Waals surface area contributed by atoms with Crippen molar-refractivity contribution in [3.8, 4) is 0 Å².